The quantitative estimate of drug-likeness (QED) is 0.224. The number of hydrogen-bond acceptors (Lipinski definition) is 4. The lowest BCUT2D eigenvalue weighted by molar-refractivity contribution is -0.132. The largest absolute Gasteiger partial charge is 0.507 e. The lowest BCUT2D eigenvalue weighted by Gasteiger charge is -2.26. The van der Waals surface area contributed by atoms with Gasteiger partial charge in [0.25, 0.3) is 11.7 Å². The summed E-state index contributed by atoms with van der Waals surface area (Å²) in [6.07, 6.45) is 0. The van der Waals surface area contributed by atoms with Crippen LogP contribution in [-0.4, -0.2) is 23.4 Å². The van der Waals surface area contributed by atoms with Crippen molar-refractivity contribution < 1.29 is 19.4 Å². The number of Topliss-reactive ketones (excluding diaryl/α,β-unsaturated/α-hetero) is 1. The second-order valence-electron chi connectivity index (χ2n) is 9.69. The molecule has 1 fully saturated rings. The first-order chi connectivity index (χ1) is 17.2. The van der Waals surface area contributed by atoms with Crippen LogP contribution in [-0.2, 0) is 9.59 Å². The van der Waals surface area contributed by atoms with E-state index >= 15 is 0 Å². The number of aliphatic hydroxyl groups is 1. The number of carbonyl (C=O) groups is 2. The summed E-state index contributed by atoms with van der Waals surface area (Å²) in [5, 5.41) is 11.3. The molecule has 1 unspecified atom stereocenters. The van der Waals surface area contributed by atoms with Crippen LogP contribution in [0.5, 0.6) is 5.75 Å². The van der Waals surface area contributed by atoms with Gasteiger partial charge in [0.05, 0.1) is 18.2 Å². The molecule has 1 aliphatic heterocycles. The molecule has 3 aromatic carbocycles. The summed E-state index contributed by atoms with van der Waals surface area (Å²) in [6.45, 7) is 10.9. The molecular formula is C31H33NO4. The molecule has 4 rings (SSSR count). The van der Waals surface area contributed by atoms with Gasteiger partial charge in [-0.15, -0.1) is 0 Å². The highest BCUT2D eigenvalue weighted by Gasteiger charge is 2.47. The Morgan fingerprint density at radius 2 is 1.36 bits per heavy atom. The Balaban J connectivity index is 1.86. The van der Waals surface area contributed by atoms with Gasteiger partial charge in [-0.05, 0) is 71.8 Å². The molecule has 0 aliphatic carbocycles. The van der Waals surface area contributed by atoms with Crippen LogP contribution < -0.4 is 9.64 Å². The molecule has 5 nitrogen and oxygen atoms in total. The molecule has 1 aliphatic rings. The molecule has 186 valence electrons. The molecule has 1 N–H and O–H groups in total. The minimum Gasteiger partial charge on any atom is -0.507 e. The summed E-state index contributed by atoms with van der Waals surface area (Å²) in [5.41, 5.74) is 4.21. The van der Waals surface area contributed by atoms with Crippen LogP contribution >= 0.6 is 0 Å². The van der Waals surface area contributed by atoms with Gasteiger partial charge in [-0.25, -0.2) is 0 Å². The average Bonchev–Trinajstić information content (AvgIpc) is 3.14. The fraction of sp³-hybridized carbons (Fsp3) is 0.290. The Morgan fingerprint density at radius 3 is 1.86 bits per heavy atom. The lowest BCUT2D eigenvalue weighted by Crippen LogP contribution is -2.29. The zero-order chi connectivity index (χ0) is 26.0. The Bertz CT molecular complexity index is 1270. The van der Waals surface area contributed by atoms with Gasteiger partial charge in [-0.2, -0.15) is 0 Å². The normalized spacial score (nSPS) is 17.3. The second kappa shape index (κ2) is 10.4. The number of benzene rings is 3. The Labute approximate surface area is 213 Å². The zero-order valence-corrected chi connectivity index (χ0v) is 21.5. The fourth-order valence-corrected chi connectivity index (χ4v) is 4.53. The highest BCUT2D eigenvalue weighted by Crippen LogP contribution is 2.42. The van der Waals surface area contributed by atoms with Gasteiger partial charge in [-0.1, -0.05) is 64.1 Å². The molecule has 1 saturated heterocycles. The summed E-state index contributed by atoms with van der Waals surface area (Å²) in [5.74, 6) is -0.201. The van der Waals surface area contributed by atoms with Crippen LogP contribution in [0, 0.1) is 0 Å². The van der Waals surface area contributed by atoms with E-state index in [-0.39, 0.29) is 11.3 Å². The van der Waals surface area contributed by atoms with E-state index in [0.717, 1.165) is 16.7 Å². The topological polar surface area (TPSA) is 66.8 Å². The number of ether oxygens (including phenoxy) is 1. The van der Waals surface area contributed by atoms with E-state index in [1.165, 1.54) is 4.90 Å². The maximum atomic E-state index is 13.4. The standard InChI is InChI=1S/C31H33NO4/c1-6-36-26-17-13-24(14-18-26)29(33)27-28(23-9-7-21(8-10-23)19(2)3)32(31(35)30(27)34)25-15-11-22(12-16-25)20(4)5/h7-20,28,33H,6H2,1-5H3/b29-27-. The van der Waals surface area contributed by atoms with E-state index in [1.54, 1.807) is 24.3 Å². The number of rotatable bonds is 7. The molecular weight excluding hydrogens is 450 g/mol. The fourth-order valence-electron chi connectivity index (χ4n) is 4.53. The maximum Gasteiger partial charge on any atom is 0.300 e. The third kappa shape index (κ3) is 4.78. The van der Waals surface area contributed by atoms with Gasteiger partial charge in [0, 0.05) is 11.3 Å². The predicted octanol–water partition coefficient (Wildman–Crippen LogP) is 6.96. The van der Waals surface area contributed by atoms with Gasteiger partial charge in [0.1, 0.15) is 11.5 Å². The van der Waals surface area contributed by atoms with Gasteiger partial charge in [-0.3, -0.25) is 14.5 Å². The van der Waals surface area contributed by atoms with Crippen molar-refractivity contribution in [2.75, 3.05) is 11.5 Å². The van der Waals surface area contributed by atoms with Crippen LogP contribution in [0.3, 0.4) is 0 Å². The lowest BCUT2D eigenvalue weighted by atomic mass is 9.93. The molecule has 0 saturated carbocycles. The first kappa shape index (κ1) is 25.2. The molecule has 1 atom stereocenters. The summed E-state index contributed by atoms with van der Waals surface area (Å²) in [7, 11) is 0. The maximum absolute atomic E-state index is 13.4. The smallest absolute Gasteiger partial charge is 0.300 e. The number of carbonyl (C=O) groups excluding carboxylic acids is 2. The summed E-state index contributed by atoms with van der Waals surface area (Å²) >= 11 is 0. The van der Waals surface area contributed by atoms with Crippen molar-refractivity contribution in [1.82, 2.24) is 0 Å². The SMILES string of the molecule is CCOc1ccc(/C(O)=C2/C(=O)C(=O)N(c3ccc(C(C)C)cc3)C2c2ccc(C(C)C)cc2)cc1. The van der Waals surface area contributed by atoms with Crippen LogP contribution in [0.1, 0.15) is 74.8 Å². The van der Waals surface area contributed by atoms with Crippen molar-refractivity contribution in [2.45, 2.75) is 52.5 Å². The molecule has 3 aromatic rings. The third-order valence-corrected chi connectivity index (χ3v) is 6.64. The molecule has 0 spiro atoms. The van der Waals surface area contributed by atoms with Crippen molar-refractivity contribution >= 4 is 23.1 Å². The van der Waals surface area contributed by atoms with Crippen molar-refractivity contribution in [3.8, 4) is 5.75 Å². The van der Waals surface area contributed by atoms with Crippen LogP contribution in [0.15, 0.2) is 78.4 Å². The Morgan fingerprint density at radius 1 is 0.833 bits per heavy atom. The minimum absolute atomic E-state index is 0.0781. The third-order valence-electron chi connectivity index (χ3n) is 6.64. The number of nitrogens with zero attached hydrogens (tertiary/aromatic N) is 1. The van der Waals surface area contributed by atoms with Crippen molar-refractivity contribution in [3.63, 3.8) is 0 Å². The Hall–Kier alpha value is -3.86. The number of amides is 1. The van der Waals surface area contributed by atoms with E-state index < -0.39 is 17.7 Å². The van der Waals surface area contributed by atoms with Crippen molar-refractivity contribution in [3.05, 3.63) is 101 Å². The number of aliphatic hydroxyl groups excluding tert-OH is 1. The number of ketones is 1. The first-order valence-electron chi connectivity index (χ1n) is 12.5. The minimum atomic E-state index is -0.748. The molecule has 0 aromatic heterocycles. The molecule has 0 radical (unpaired) electrons. The second-order valence-corrected chi connectivity index (χ2v) is 9.69. The molecule has 1 heterocycles. The van der Waals surface area contributed by atoms with Gasteiger partial charge in [0.2, 0.25) is 0 Å². The monoisotopic (exact) mass is 483 g/mol. The van der Waals surface area contributed by atoms with E-state index in [4.69, 9.17) is 4.74 Å². The van der Waals surface area contributed by atoms with E-state index in [9.17, 15) is 14.7 Å². The van der Waals surface area contributed by atoms with E-state index in [2.05, 4.69) is 27.7 Å². The number of anilines is 1. The van der Waals surface area contributed by atoms with Gasteiger partial charge >= 0.3 is 0 Å². The summed E-state index contributed by atoms with van der Waals surface area (Å²) in [4.78, 5) is 28.3. The predicted molar refractivity (Wildman–Crippen MR) is 143 cm³/mol. The molecule has 36 heavy (non-hydrogen) atoms. The molecule has 0 bridgehead atoms. The molecule has 1 amide bonds. The molecule has 5 heteroatoms. The van der Waals surface area contributed by atoms with Gasteiger partial charge in [0.15, 0.2) is 0 Å². The van der Waals surface area contributed by atoms with E-state index in [0.29, 0.717) is 35.4 Å². The van der Waals surface area contributed by atoms with Crippen LogP contribution in [0.25, 0.3) is 5.76 Å². The van der Waals surface area contributed by atoms with Crippen molar-refractivity contribution in [2.24, 2.45) is 0 Å². The summed E-state index contributed by atoms with van der Waals surface area (Å²) in [6, 6.07) is 21.7. The summed E-state index contributed by atoms with van der Waals surface area (Å²) < 4.78 is 5.50. The van der Waals surface area contributed by atoms with Gasteiger partial charge < -0.3 is 9.84 Å². The highest BCUT2D eigenvalue weighted by molar-refractivity contribution is 6.51. The van der Waals surface area contributed by atoms with E-state index in [1.807, 2.05) is 55.5 Å². The first-order valence-corrected chi connectivity index (χ1v) is 12.5. The number of hydrogen-bond donors (Lipinski definition) is 1. The zero-order valence-electron chi connectivity index (χ0n) is 21.5. The average molecular weight is 484 g/mol. The van der Waals surface area contributed by atoms with Crippen molar-refractivity contribution in [1.29, 1.82) is 0 Å². The van der Waals surface area contributed by atoms with Crippen LogP contribution in [0.4, 0.5) is 5.69 Å². The van der Waals surface area contributed by atoms with Crippen LogP contribution in [0.2, 0.25) is 0 Å². The Kier molecular flexibility index (Phi) is 7.30. The highest BCUT2D eigenvalue weighted by atomic mass is 16.5.